The third kappa shape index (κ3) is 6.38. The second-order valence-electron chi connectivity index (χ2n) is 8.76. The van der Waals surface area contributed by atoms with Gasteiger partial charge in [-0.2, -0.15) is 0 Å². The zero-order valence-corrected chi connectivity index (χ0v) is 19.9. The van der Waals surface area contributed by atoms with Crippen LogP contribution in [0.3, 0.4) is 0 Å². The third-order valence-electron chi connectivity index (χ3n) is 6.69. The van der Waals surface area contributed by atoms with Gasteiger partial charge in [0.2, 0.25) is 6.41 Å². The van der Waals surface area contributed by atoms with Crippen LogP contribution in [0, 0.1) is 0 Å². The van der Waals surface area contributed by atoms with Gasteiger partial charge >= 0.3 is 0 Å². The van der Waals surface area contributed by atoms with Gasteiger partial charge in [-0.05, 0) is 30.5 Å². The number of piperazine rings is 1. The molecule has 1 aromatic carbocycles. The van der Waals surface area contributed by atoms with E-state index in [2.05, 4.69) is 61.9 Å². The van der Waals surface area contributed by atoms with Crippen LogP contribution in [0.15, 0.2) is 48.2 Å². The SMILES string of the molecule is COCCN1CCN(c2ccc(C3C=CC(SN4CC=C(NC=O)CC4)CC3)cc2)CC1. The molecule has 1 N–H and O–H groups in total. The number of methoxy groups -OCH3 is 1. The molecule has 2 atom stereocenters. The van der Waals surface area contributed by atoms with Gasteiger partial charge in [-0.15, -0.1) is 0 Å². The van der Waals surface area contributed by atoms with E-state index in [1.807, 2.05) is 11.9 Å². The summed E-state index contributed by atoms with van der Waals surface area (Å²) in [5.74, 6) is 0.524. The van der Waals surface area contributed by atoms with E-state index in [1.54, 1.807) is 7.11 Å². The van der Waals surface area contributed by atoms with E-state index in [9.17, 15) is 4.79 Å². The van der Waals surface area contributed by atoms with E-state index < -0.39 is 0 Å². The zero-order chi connectivity index (χ0) is 22.2. The van der Waals surface area contributed by atoms with Crippen molar-refractivity contribution >= 4 is 24.0 Å². The first-order valence-electron chi connectivity index (χ1n) is 11.8. The summed E-state index contributed by atoms with van der Waals surface area (Å²) in [7, 11) is 1.77. The predicted molar refractivity (Wildman–Crippen MR) is 133 cm³/mol. The molecule has 0 saturated carbocycles. The Morgan fingerprint density at radius 2 is 1.91 bits per heavy atom. The number of nitrogens with one attached hydrogen (secondary N) is 1. The number of rotatable bonds is 9. The summed E-state index contributed by atoms with van der Waals surface area (Å²) in [6.45, 7) is 8.13. The number of carbonyl (C=O) groups excluding carboxylic acids is 1. The molecule has 6 nitrogen and oxygen atoms in total. The average molecular weight is 457 g/mol. The lowest BCUT2D eigenvalue weighted by Gasteiger charge is -2.36. The van der Waals surface area contributed by atoms with Crippen molar-refractivity contribution in [1.29, 1.82) is 0 Å². The summed E-state index contributed by atoms with van der Waals surface area (Å²) < 4.78 is 7.62. The van der Waals surface area contributed by atoms with Crippen molar-refractivity contribution in [2.75, 3.05) is 64.4 Å². The van der Waals surface area contributed by atoms with E-state index in [4.69, 9.17) is 4.74 Å². The fourth-order valence-electron chi connectivity index (χ4n) is 4.69. The van der Waals surface area contributed by atoms with Crippen LogP contribution in [0.5, 0.6) is 0 Å². The number of ether oxygens (including phenoxy) is 1. The van der Waals surface area contributed by atoms with Crippen molar-refractivity contribution < 1.29 is 9.53 Å². The summed E-state index contributed by atoms with van der Waals surface area (Å²) in [6, 6.07) is 9.26. The topological polar surface area (TPSA) is 48.1 Å². The molecule has 1 saturated heterocycles. The average Bonchev–Trinajstić information content (AvgIpc) is 2.85. The quantitative estimate of drug-likeness (QED) is 0.350. The first kappa shape index (κ1) is 23.4. The maximum atomic E-state index is 10.6. The Morgan fingerprint density at radius 1 is 1.09 bits per heavy atom. The summed E-state index contributed by atoms with van der Waals surface area (Å²) in [6.07, 6.45) is 11.0. The molecule has 1 amide bonds. The lowest BCUT2D eigenvalue weighted by Crippen LogP contribution is -2.47. The number of carbonyl (C=O) groups is 1. The first-order valence-corrected chi connectivity index (χ1v) is 12.6. The Morgan fingerprint density at radius 3 is 2.53 bits per heavy atom. The second-order valence-corrected chi connectivity index (χ2v) is 10.1. The molecule has 2 heterocycles. The van der Waals surface area contributed by atoms with Crippen LogP contribution < -0.4 is 10.2 Å². The molecular weight excluding hydrogens is 420 g/mol. The largest absolute Gasteiger partial charge is 0.383 e. The molecule has 0 radical (unpaired) electrons. The van der Waals surface area contributed by atoms with Gasteiger partial charge < -0.3 is 15.0 Å². The second kappa shape index (κ2) is 11.9. The molecule has 0 bridgehead atoms. The molecule has 2 unspecified atom stereocenters. The highest BCUT2D eigenvalue weighted by atomic mass is 32.2. The van der Waals surface area contributed by atoms with Crippen molar-refractivity contribution in [3.63, 3.8) is 0 Å². The molecular formula is C25H36N4O2S. The van der Waals surface area contributed by atoms with Crippen molar-refractivity contribution in [1.82, 2.24) is 14.5 Å². The predicted octanol–water partition coefficient (Wildman–Crippen LogP) is 3.24. The number of amides is 1. The number of hydrogen-bond donors (Lipinski definition) is 1. The minimum Gasteiger partial charge on any atom is -0.383 e. The Labute approximate surface area is 196 Å². The Bertz CT molecular complexity index is 790. The number of anilines is 1. The molecule has 1 fully saturated rings. The highest BCUT2D eigenvalue weighted by Gasteiger charge is 2.22. The maximum absolute atomic E-state index is 10.6. The van der Waals surface area contributed by atoms with E-state index in [0.717, 1.165) is 70.9 Å². The van der Waals surface area contributed by atoms with Gasteiger partial charge in [0.25, 0.3) is 0 Å². The van der Waals surface area contributed by atoms with Crippen LogP contribution in [0.4, 0.5) is 5.69 Å². The summed E-state index contributed by atoms with van der Waals surface area (Å²) >= 11 is 1.95. The van der Waals surface area contributed by atoms with Crippen molar-refractivity contribution in [2.45, 2.75) is 30.4 Å². The number of benzene rings is 1. The van der Waals surface area contributed by atoms with Gasteiger partial charge in [0.1, 0.15) is 0 Å². The number of hydrogen-bond acceptors (Lipinski definition) is 6. The van der Waals surface area contributed by atoms with Crippen LogP contribution in [-0.4, -0.2) is 80.4 Å². The summed E-state index contributed by atoms with van der Waals surface area (Å²) in [5, 5.41) is 3.34. The number of nitrogens with zero attached hydrogens (tertiary/aromatic N) is 3. The molecule has 7 heteroatoms. The molecule has 4 rings (SSSR count). The minimum absolute atomic E-state index is 0.524. The normalized spacial score (nSPS) is 24.9. The van der Waals surface area contributed by atoms with Crippen LogP contribution in [0.1, 0.15) is 30.7 Å². The maximum Gasteiger partial charge on any atom is 0.211 e. The lowest BCUT2D eigenvalue weighted by atomic mass is 9.89. The third-order valence-corrected chi connectivity index (χ3v) is 7.98. The van der Waals surface area contributed by atoms with E-state index >= 15 is 0 Å². The van der Waals surface area contributed by atoms with Gasteiger partial charge in [-0.3, -0.25) is 9.69 Å². The van der Waals surface area contributed by atoms with Crippen LogP contribution in [-0.2, 0) is 9.53 Å². The Hall–Kier alpha value is -1.80. The summed E-state index contributed by atoms with van der Waals surface area (Å²) in [4.78, 5) is 15.6. The molecule has 0 aromatic heterocycles. The molecule has 174 valence electrons. The standard InChI is InChI=1S/C25H36N4O2S/c1-31-19-18-27-14-16-28(17-15-27)24-6-2-21(3-7-24)22-4-8-25(9-5-22)32-29-12-10-23(11-13-29)26-20-30/h2-4,6-8,10,20,22,25H,5,9,11-19H2,1H3,(H,26,30). The van der Waals surface area contributed by atoms with Gasteiger partial charge in [0.15, 0.2) is 0 Å². The van der Waals surface area contributed by atoms with E-state index in [0.29, 0.717) is 11.2 Å². The molecule has 32 heavy (non-hydrogen) atoms. The van der Waals surface area contributed by atoms with E-state index in [-0.39, 0.29) is 0 Å². The summed E-state index contributed by atoms with van der Waals surface area (Å²) in [5.41, 5.74) is 3.82. The highest BCUT2D eigenvalue weighted by molar-refractivity contribution is 7.97. The smallest absolute Gasteiger partial charge is 0.211 e. The van der Waals surface area contributed by atoms with Crippen molar-refractivity contribution in [2.24, 2.45) is 0 Å². The first-order chi connectivity index (χ1) is 15.7. The molecule has 2 aliphatic heterocycles. The minimum atomic E-state index is 0.524. The number of allylic oxidation sites excluding steroid dienone is 1. The fraction of sp³-hybridized carbons (Fsp3) is 0.560. The fourth-order valence-corrected chi connectivity index (χ4v) is 5.83. The molecule has 3 aliphatic rings. The van der Waals surface area contributed by atoms with Crippen LogP contribution >= 0.6 is 11.9 Å². The van der Waals surface area contributed by atoms with Gasteiger partial charge in [0, 0.05) is 81.9 Å². The van der Waals surface area contributed by atoms with Crippen molar-refractivity contribution in [3.05, 3.63) is 53.8 Å². The van der Waals surface area contributed by atoms with Crippen LogP contribution in [0.25, 0.3) is 0 Å². The molecule has 1 aliphatic carbocycles. The zero-order valence-electron chi connectivity index (χ0n) is 19.1. The van der Waals surface area contributed by atoms with Crippen LogP contribution in [0.2, 0.25) is 0 Å². The molecule has 0 spiro atoms. The highest BCUT2D eigenvalue weighted by Crippen LogP contribution is 2.35. The lowest BCUT2D eigenvalue weighted by molar-refractivity contribution is -0.109. The van der Waals surface area contributed by atoms with Gasteiger partial charge in [0.05, 0.1) is 6.61 Å². The van der Waals surface area contributed by atoms with Gasteiger partial charge in [-0.1, -0.05) is 42.3 Å². The monoisotopic (exact) mass is 456 g/mol. The molecule has 1 aromatic rings. The van der Waals surface area contributed by atoms with Gasteiger partial charge in [-0.25, -0.2) is 4.31 Å². The van der Waals surface area contributed by atoms with E-state index in [1.165, 1.54) is 24.1 Å². The Kier molecular flexibility index (Phi) is 8.68. The van der Waals surface area contributed by atoms with Crippen molar-refractivity contribution in [3.8, 4) is 0 Å². The Balaban J connectivity index is 1.24.